The molecule has 1 aromatic heterocycles. The molecule has 0 radical (unpaired) electrons. The van der Waals surface area contributed by atoms with Crippen molar-refractivity contribution < 1.29 is 4.42 Å². The summed E-state index contributed by atoms with van der Waals surface area (Å²) in [5.74, 6) is 1.02. The minimum absolute atomic E-state index is 0.252. The van der Waals surface area contributed by atoms with Crippen LogP contribution in [-0.4, -0.2) is 32.1 Å². The third-order valence-electron chi connectivity index (χ3n) is 2.79. The van der Waals surface area contributed by atoms with Crippen molar-refractivity contribution in [2.75, 3.05) is 27.2 Å². The second-order valence-electron chi connectivity index (χ2n) is 4.56. The van der Waals surface area contributed by atoms with Crippen LogP contribution in [0.2, 0.25) is 0 Å². The highest BCUT2D eigenvalue weighted by Crippen LogP contribution is 2.24. The highest BCUT2D eigenvalue weighted by atomic mass is 16.3. The Morgan fingerprint density at radius 3 is 2.71 bits per heavy atom. The van der Waals surface area contributed by atoms with Gasteiger partial charge >= 0.3 is 0 Å². The van der Waals surface area contributed by atoms with Crippen LogP contribution in [0.15, 0.2) is 34.7 Å². The van der Waals surface area contributed by atoms with E-state index in [9.17, 15) is 0 Å². The second-order valence-corrected chi connectivity index (χ2v) is 4.56. The van der Waals surface area contributed by atoms with Crippen molar-refractivity contribution in [3.8, 4) is 0 Å². The lowest BCUT2D eigenvalue weighted by atomic mass is 10.2. The number of likely N-dealkylation sites (N-methyl/N-ethyl adjacent to an activating group) is 2. The molecule has 1 unspecified atom stereocenters. The Balaban J connectivity index is 2.27. The van der Waals surface area contributed by atoms with Crippen molar-refractivity contribution in [1.82, 2.24) is 10.2 Å². The Kier molecular flexibility index (Phi) is 3.82. The van der Waals surface area contributed by atoms with Gasteiger partial charge in [-0.1, -0.05) is 25.1 Å². The van der Waals surface area contributed by atoms with E-state index in [-0.39, 0.29) is 6.04 Å². The van der Waals surface area contributed by atoms with Crippen LogP contribution < -0.4 is 5.32 Å². The molecule has 0 fully saturated rings. The molecule has 0 aliphatic rings. The first-order valence-electron chi connectivity index (χ1n) is 6.07. The Labute approximate surface area is 102 Å². The van der Waals surface area contributed by atoms with Crippen LogP contribution in [0.5, 0.6) is 0 Å². The van der Waals surface area contributed by atoms with Crippen LogP contribution in [0.3, 0.4) is 0 Å². The van der Waals surface area contributed by atoms with Gasteiger partial charge in [0.25, 0.3) is 0 Å². The van der Waals surface area contributed by atoms with Gasteiger partial charge in [0.1, 0.15) is 11.3 Å². The molecule has 3 nitrogen and oxygen atoms in total. The third-order valence-corrected chi connectivity index (χ3v) is 2.79. The van der Waals surface area contributed by atoms with E-state index in [1.54, 1.807) is 0 Å². The van der Waals surface area contributed by atoms with Crippen molar-refractivity contribution in [3.63, 3.8) is 0 Å². The largest absolute Gasteiger partial charge is 0.459 e. The molecule has 1 heterocycles. The summed E-state index contributed by atoms with van der Waals surface area (Å²) in [6, 6.07) is 10.5. The zero-order chi connectivity index (χ0) is 12.3. The van der Waals surface area contributed by atoms with Crippen molar-refractivity contribution in [3.05, 3.63) is 36.1 Å². The van der Waals surface area contributed by atoms with E-state index in [0.717, 1.165) is 24.4 Å². The van der Waals surface area contributed by atoms with Gasteiger partial charge in [-0.15, -0.1) is 0 Å². The van der Waals surface area contributed by atoms with Gasteiger partial charge in [0.15, 0.2) is 0 Å². The number of benzene rings is 1. The summed E-state index contributed by atoms with van der Waals surface area (Å²) in [6.07, 6.45) is 0. The standard InChI is InChI=1S/C14H20N2O/c1-4-15-12(10-16(2)3)14-9-11-7-5-6-8-13(11)17-14/h5-9,12,15H,4,10H2,1-3H3. The maximum absolute atomic E-state index is 5.89. The number of rotatable bonds is 5. The summed E-state index contributed by atoms with van der Waals surface area (Å²) >= 11 is 0. The fourth-order valence-electron chi connectivity index (χ4n) is 2.04. The minimum atomic E-state index is 0.252. The lowest BCUT2D eigenvalue weighted by Gasteiger charge is -2.19. The Morgan fingerprint density at radius 2 is 2.06 bits per heavy atom. The van der Waals surface area contributed by atoms with Crippen molar-refractivity contribution in [2.24, 2.45) is 0 Å². The zero-order valence-electron chi connectivity index (χ0n) is 10.7. The van der Waals surface area contributed by atoms with Gasteiger partial charge < -0.3 is 14.6 Å². The molecule has 17 heavy (non-hydrogen) atoms. The van der Waals surface area contributed by atoms with Gasteiger partial charge in [-0.25, -0.2) is 0 Å². The molecule has 1 aromatic carbocycles. The van der Waals surface area contributed by atoms with E-state index in [1.807, 2.05) is 18.2 Å². The number of fused-ring (bicyclic) bond motifs is 1. The lowest BCUT2D eigenvalue weighted by Crippen LogP contribution is -2.30. The number of para-hydroxylation sites is 1. The summed E-state index contributed by atoms with van der Waals surface area (Å²) < 4.78 is 5.89. The fourth-order valence-corrected chi connectivity index (χ4v) is 2.04. The predicted molar refractivity (Wildman–Crippen MR) is 71.2 cm³/mol. The first-order chi connectivity index (χ1) is 8.20. The number of nitrogens with one attached hydrogen (secondary N) is 1. The lowest BCUT2D eigenvalue weighted by molar-refractivity contribution is 0.316. The molecular weight excluding hydrogens is 212 g/mol. The van der Waals surface area contributed by atoms with Crippen molar-refractivity contribution in [2.45, 2.75) is 13.0 Å². The molecule has 0 aliphatic heterocycles. The second kappa shape index (κ2) is 5.34. The van der Waals surface area contributed by atoms with E-state index < -0.39 is 0 Å². The molecular formula is C14H20N2O. The molecule has 0 saturated heterocycles. The molecule has 0 aliphatic carbocycles. The maximum atomic E-state index is 5.89. The van der Waals surface area contributed by atoms with E-state index in [0.29, 0.717) is 0 Å². The van der Waals surface area contributed by atoms with Gasteiger partial charge in [-0.05, 0) is 32.8 Å². The van der Waals surface area contributed by atoms with Crippen LogP contribution in [0.4, 0.5) is 0 Å². The molecule has 0 bridgehead atoms. The summed E-state index contributed by atoms with van der Waals surface area (Å²) in [5, 5.41) is 4.63. The monoisotopic (exact) mass is 232 g/mol. The molecule has 92 valence electrons. The zero-order valence-corrected chi connectivity index (χ0v) is 10.7. The van der Waals surface area contributed by atoms with Gasteiger partial charge in [0, 0.05) is 11.9 Å². The van der Waals surface area contributed by atoms with Gasteiger partial charge in [-0.3, -0.25) is 0 Å². The molecule has 0 amide bonds. The number of hydrogen-bond acceptors (Lipinski definition) is 3. The first kappa shape index (κ1) is 12.1. The van der Waals surface area contributed by atoms with Crippen LogP contribution in [-0.2, 0) is 0 Å². The Hall–Kier alpha value is -1.32. The number of hydrogen-bond donors (Lipinski definition) is 1. The van der Waals surface area contributed by atoms with Crippen LogP contribution >= 0.6 is 0 Å². The quantitative estimate of drug-likeness (QED) is 0.859. The Bertz CT molecular complexity index is 443. The smallest absolute Gasteiger partial charge is 0.134 e. The summed E-state index contributed by atoms with van der Waals surface area (Å²) in [7, 11) is 4.15. The highest BCUT2D eigenvalue weighted by molar-refractivity contribution is 5.77. The summed E-state index contributed by atoms with van der Waals surface area (Å²) in [4.78, 5) is 2.17. The fraction of sp³-hybridized carbons (Fsp3) is 0.429. The van der Waals surface area contributed by atoms with Gasteiger partial charge in [0.05, 0.1) is 6.04 Å². The normalized spacial score (nSPS) is 13.4. The van der Waals surface area contributed by atoms with Crippen LogP contribution in [0, 0.1) is 0 Å². The number of furan rings is 1. The van der Waals surface area contributed by atoms with Gasteiger partial charge in [0.2, 0.25) is 0 Å². The molecule has 1 atom stereocenters. The first-order valence-corrected chi connectivity index (χ1v) is 6.07. The molecule has 2 aromatic rings. The molecule has 2 rings (SSSR count). The van der Waals surface area contributed by atoms with Gasteiger partial charge in [-0.2, -0.15) is 0 Å². The van der Waals surface area contributed by atoms with E-state index in [4.69, 9.17) is 4.42 Å². The average molecular weight is 232 g/mol. The van der Waals surface area contributed by atoms with Crippen molar-refractivity contribution >= 4 is 11.0 Å². The van der Waals surface area contributed by atoms with Crippen LogP contribution in [0.25, 0.3) is 11.0 Å². The van der Waals surface area contributed by atoms with Crippen LogP contribution in [0.1, 0.15) is 18.7 Å². The minimum Gasteiger partial charge on any atom is -0.459 e. The maximum Gasteiger partial charge on any atom is 0.134 e. The highest BCUT2D eigenvalue weighted by Gasteiger charge is 2.15. The molecule has 1 N–H and O–H groups in total. The molecule has 3 heteroatoms. The van der Waals surface area contributed by atoms with E-state index >= 15 is 0 Å². The molecule has 0 saturated carbocycles. The van der Waals surface area contributed by atoms with Crippen molar-refractivity contribution in [1.29, 1.82) is 0 Å². The summed E-state index contributed by atoms with van der Waals surface area (Å²) in [6.45, 7) is 3.99. The Morgan fingerprint density at radius 1 is 1.29 bits per heavy atom. The predicted octanol–water partition coefficient (Wildman–Crippen LogP) is 2.65. The SMILES string of the molecule is CCNC(CN(C)C)c1cc2ccccc2o1. The summed E-state index contributed by atoms with van der Waals surface area (Å²) in [5.41, 5.74) is 0.962. The number of nitrogens with zero attached hydrogens (tertiary/aromatic N) is 1. The third kappa shape index (κ3) is 2.87. The van der Waals surface area contributed by atoms with E-state index in [1.165, 1.54) is 5.39 Å². The molecule has 0 spiro atoms. The van der Waals surface area contributed by atoms with E-state index in [2.05, 4.69) is 43.4 Å². The topological polar surface area (TPSA) is 28.4 Å². The average Bonchev–Trinajstić information content (AvgIpc) is 2.71.